The van der Waals surface area contributed by atoms with Crippen LogP contribution in [0, 0.1) is 0 Å². The van der Waals surface area contributed by atoms with Crippen molar-refractivity contribution in [1.29, 1.82) is 0 Å². The van der Waals surface area contributed by atoms with Gasteiger partial charge < -0.3 is 14.8 Å². The number of halogens is 1. The lowest BCUT2D eigenvalue weighted by atomic mass is 10.1. The molecule has 0 aliphatic heterocycles. The van der Waals surface area contributed by atoms with Gasteiger partial charge in [0.1, 0.15) is 0 Å². The van der Waals surface area contributed by atoms with Gasteiger partial charge in [0.05, 0.1) is 30.2 Å². The Morgan fingerprint density at radius 2 is 1.68 bits per heavy atom. The summed E-state index contributed by atoms with van der Waals surface area (Å²) in [6.45, 7) is 3.35. The first-order valence-corrected chi connectivity index (χ1v) is 8.86. The van der Waals surface area contributed by atoms with Crippen molar-refractivity contribution < 1.29 is 27.5 Å². The standard InChI is InChI=1S/C15H22N2O6S.ClH/c1-4-7-16-8-9-17-24(20,21)13-10-11(14(18)22-2)5-6-12(13)15(19)23-3;/h5-6,10,16-17H,4,7-9H2,1-3H3;1H. The van der Waals surface area contributed by atoms with E-state index in [9.17, 15) is 18.0 Å². The number of carbonyl (C=O) groups excluding carboxylic acids is 2. The number of hydrogen-bond acceptors (Lipinski definition) is 7. The van der Waals surface area contributed by atoms with Crippen LogP contribution in [0.5, 0.6) is 0 Å². The maximum Gasteiger partial charge on any atom is 0.339 e. The molecule has 10 heteroatoms. The summed E-state index contributed by atoms with van der Waals surface area (Å²) in [5, 5.41) is 3.05. The van der Waals surface area contributed by atoms with Gasteiger partial charge in [-0.3, -0.25) is 0 Å². The molecule has 0 aliphatic carbocycles. The number of nitrogens with one attached hydrogen (secondary N) is 2. The highest BCUT2D eigenvalue weighted by atomic mass is 35.5. The van der Waals surface area contributed by atoms with Crippen molar-refractivity contribution in [3.8, 4) is 0 Å². The van der Waals surface area contributed by atoms with Gasteiger partial charge in [0.15, 0.2) is 0 Å². The molecule has 142 valence electrons. The van der Waals surface area contributed by atoms with Gasteiger partial charge in [-0.2, -0.15) is 0 Å². The van der Waals surface area contributed by atoms with Crippen LogP contribution in [0.2, 0.25) is 0 Å². The average Bonchev–Trinajstić information content (AvgIpc) is 2.59. The third-order valence-corrected chi connectivity index (χ3v) is 4.62. The molecule has 0 heterocycles. The molecular formula is C15H23ClN2O6S. The summed E-state index contributed by atoms with van der Waals surface area (Å²) in [7, 11) is -1.67. The Bertz CT molecular complexity index is 693. The Kier molecular flexibility index (Phi) is 10.3. The molecule has 0 unspecified atom stereocenters. The van der Waals surface area contributed by atoms with E-state index in [1.54, 1.807) is 0 Å². The number of esters is 2. The first-order valence-electron chi connectivity index (χ1n) is 7.38. The van der Waals surface area contributed by atoms with E-state index in [1.165, 1.54) is 19.2 Å². The predicted octanol–water partition coefficient (Wildman–Crippen LogP) is 0.959. The Hall–Kier alpha value is -1.68. The van der Waals surface area contributed by atoms with Crippen LogP contribution in [0.15, 0.2) is 23.1 Å². The Balaban J connectivity index is 0.00000576. The molecule has 0 saturated carbocycles. The fourth-order valence-electron chi connectivity index (χ4n) is 1.92. The van der Waals surface area contributed by atoms with E-state index < -0.39 is 22.0 Å². The zero-order chi connectivity index (χ0) is 18.2. The van der Waals surface area contributed by atoms with Crippen LogP contribution in [0.1, 0.15) is 34.1 Å². The number of hydrogen-bond donors (Lipinski definition) is 2. The molecule has 0 fully saturated rings. The third kappa shape index (κ3) is 6.62. The maximum absolute atomic E-state index is 12.5. The molecule has 8 nitrogen and oxygen atoms in total. The van der Waals surface area contributed by atoms with Crippen molar-refractivity contribution in [3.63, 3.8) is 0 Å². The van der Waals surface area contributed by atoms with Gasteiger partial charge in [0.25, 0.3) is 0 Å². The van der Waals surface area contributed by atoms with Crippen LogP contribution in [0.25, 0.3) is 0 Å². The molecule has 0 radical (unpaired) electrons. The van der Waals surface area contributed by atoms with E-state index in [-0.39, 0.29) is 35.0 Å². The van der Waals surface area contributed by atoms with Crippen molar-refractivity contribution in [2.45, 2.75) is 18.2 Å². The highest BCUT2D eigenvalue weighted by Crippen LogP contribution is 2.19. The van der Waals surface area contributed by atoms with Crippen LogP contribution < -0.4 is 10.0 Å². The number of rotatable bonds is 9. The van der Waals surface area contributed by atoms with E-state index >= 15 is 0 Å². The van der Waals surface area contributed by atoms with Gasteiger partial charge >= 0.3 is 11.9 Å². The molecule has 1 aromatic carbocycles. The zero-order valence-corrected chi connectivity index (χ0v) is 16.0. The molecule has 1 rings (SSSR count). The monoisotopic (exact) mass is 394 g/mol. The summed E-state index contributed by atoms with van der Waals surface area (Å²) in [6, 6.07) is 3.63. The minimum absolute atomic E-state index is 0. The zero-order valence-electron chi connectivity index (χ0n) is 14.3. The van der Waals surface area contributed by atoms with Gasteiger partial charge in [-0.15, -0.1) is 12.4 Å². The summed E-state index contributed by atoms with van der Waals surface area (Å²) in [5.74, 6) is -1.51. The molecule has 0 amide bonds. The van der Waals surface area contributed by atoms with Crippen LogP contribution in [-0.2, 0) is 19.5 Å². The van der Waals surface area contributed by atoms with Crippen molar-refractivity contribution in [2.24, 2.45) is 0 Å². The summed E-state index contributed by atoms with van der Waals surface area (Å²) in [6.07, 6.45) is 0.931. The number of carbonyl (C=O) groups is 2. The van der Waals surface area contributed by atoms with Gasteiger partial charge in [-0.1, -0.05) is 6.92 Å². The number of sulfonamides is 1. The number of methoxy groups -OCH3 is 2. The predicted molar refractivity (Wildman–Crippen MR) is 94.7 cm³/mol. The van der Waals surface area contributed by atoms with E-state index in [1.807, 2.05) is 6.92 Å². The van der Waals surface area contributed by atoms with Gasteiger partial charge in [0.2, 0.25) is 10.0 Å². The van der Waals surface area contributed by atoms with Gasteiger partial charge in [-0.05, 0) is 31.2 Å². The second kappa shape index (κ2) is 11.0. The van der Waals surface area contributed by atoms with Crippen molar-refractivity contribution in [2.75, 3.05) is 33.9 Å². The largest absolute Gasteiger partial charge is 0.465 e. The van der Waals surface area contributed by atoms with Crippen LogP contribution >= 0.6 is 12.4 Å². The SMILES string of the molecule is CCCNCCNS(=O)(=O)c1cc(C(=O)OC)ccc1C(=O)OC.Cl. The van der Waals surface area contributed by atoms with Crippen LogP contribution in [0.3, 0.4) is 0 Å². The topological polar surface area (TPSA) is 111 Å². The van der Waals surface area contributed by atoms with E-state index in [4.69, 9.17) is 0 Å². The first kappa shape index (κ1) is 23.3. The average molecular weight is 395 g/mol. The molecule has 0 bridgehead atoms. The molecular weight excluding hydrogens is 372 g/mol. The smallest absolute Gasteiger partial charge is 0.339 e. The van der Waals surface area contributed by atoms with Gasteiger partial charge in [0, 0.05) is 13.1 Å². The van der Waals surface area contributed by atoms with Crippen LogP contribution in [0.4, 0.5) is 0 Å². The second-order valence-electron chi connectivity index (χ2n) is 4.84. The van der Waals surface area contributed by atoms with Gasteiger partial charge in [-0.25, -0.2) is 22.7 Å². The molecule has 2 N–H and O–H groups in total. The van der Waals surface area contributed by atoms with Crippen molar-refractivity contribution in [1.82, 2.24) is 10.0 Å². The van der Waals surface area contributed by atoms with Crippen LogP contribution in [-0.4, -0.2) is 54.2 Å². The van der Waals surface area contributed by atoms with E-state index in [0.29, 0.717) is 6.54 Å². The summed E-state index contributed by atoms with van der Waals surface area (Å²) in [4.78, 5) is 23.1. The number of ether oxygens (including phenoxy) is 2. The highest BCUT2D eigenvalue weighted by Gasteiger charge is 2.24. The number of benzene rings is 1. The fraction of sp³-hybridized carbons (Fsp3) is 0.467. The molecule has 0 aliphatic rings. The lowest BCUT2D eigenvalue weighted by molar-refractivity contribution is 0.0583. The molecule has 0 saturated heterocycles. The lowest BCUT2D eigenvalue weighted by Gasteiger charge is -2.12. The lowest BCUT2D eigenvalue weighted by Crippen LogP contribution is -2.33. The minimum atomic E-state index is -4.00. The third-order valence-electron chi connectivity index (χ3n) is 3.12. The first-order chi connectivity index (χ1) is 11.4. The summed E-state index contributed by atoms with van der Waals surface area (Å²) >= 11 is 0. The quantitative estimate of drug-likeness (QED) is 0.474. The van der Waals surface area contributed by atoms with Crippen molar-refractivity contribution >= 4 is 34.4 Å². The Morgan fingerprint density at radius 3 is 2.24 bits per heavy atom. The van der Waals surface area contributed by atoms with Crippen molar-refractivity contribution in [3.05, 3.63) is 29.3 Å². The second-order valence-corrected chi connectivity index (χ2v) is 6.58. The molecule has 0 atom stereocenters. The van der Waals surface area contributed by atoms with E-state index in [0.717, 1.165) is 26.1 Å². The molecule has 1 aromatic rings. The Morgan fingerprint density at radius 1 is 1.04 bits per heavy atom. The normalized spacial score (nSPS) is 10.7. The molecule has 0 aromatic heterocycles. The summed E-state index contributed by atoms with van der Waals surface area (Å²) in [5.41, 5.74) is -0.131. The fourth-order valence-corrected chi connectivity index (χ4v) is 3.17. The highest BCUT2D eigenvalue weighted by molar-refractivity contribution is 7.89. The molecule has 25 heavy (non-hydrogen) atoms. The Labute approximate surface area is 153 Å². The van der Waals surface area contributed by atoms with E-state index in [2.05, 4.69) is 19.5 Å². The minimum Gasteiger partial charge on any atom is -0.465 e. The maximum atomic E-state index is 12.5. The molecule has 0 spiro atoms. The summed E-state index contributed by atoms with van der Waals surface area (Å²) < 4.78 is 36.5.